The number of likely N-dealkylation sites (tertiary alicyclic amines) is 1. The van der Waals surface area contributed by atoms with E-state index in [4.69, 9.17) is 0 Å². The predicted molar refractivity (Wildman–Crippen MR) is 140 cm³/mol. The Labute approximate surface area is 217 Å². The molecule has 37 heavy (non-hydrogen) atoms. The van der Waals surface area contributed by atoms with Gasteiger partial charge in [0, 0.05) is 38.7 Å². The van der Waals surface area contributed by atoms with Crippen LogP contribution < -0.4 is 5.32 Å². The number of piperidine rings is 1. The fraction of sp³-hybridized carbons (Fsp3) is 0.300. The molecular weight excluding hydrogens is 469 g/mol. The minimum Gasteiger partial charge on any atom is -0.350 e. The molecule has 3 aromatic rings. The fourth-order valence-corrected chi connectivity index (χ4v) is 4.80. The van der Waals surface area contributed by atoms with Crippen LogP contribution in [0.5, 0.6) is 0 Å². The average Bonchev–Trinajstić information content (AvgIpc) is 2.92. The molecule has 0 aromatic heterocycles. The van der Waals surface area contributed by atoms with Crippen LogP contribution in [0.25, 0.3) is 0 Å². The third kappa shape index (κ3) is 6.05. The van der Waals surface area contributed by atoms with E-state index in [0.717, 1.165) is 11.1 Å². The summed E-state index contributed by atoms with van der Waals surface area (Å²) in [5.41, 5.74) is 1.97. The molecule has 3 aromatic carbocycles. The summed E-state index contributed by atoms with van der Waals surface area (Å²) in [4.78, 5) is 43.4. The van der Waals surface area contributed by atoms with E-state index in [9.17, 15) is 18.8 Å². The molecule has 1 aliphatic rings. The Hall–Kier alpha value is -4.00. The zero-order chi connectivity index (χ0) is 26.4. The molecule has 3 amide bonds. The van der Waals surface area contributed by atoms with Gasteiger partial charge in [0.15, 0.2) is 0 Å². The number of carbonyl (C=O) groups excluding carboxylic acids is 3. The van der Waals surface area contributed by atoms with Crippen LogP contribution in [0.4, 0.5) is 4.39 Å². The number of amides is 3. The second-order valence-electron chi connectivity index (χ2n) is 9.59. The van der Waals surface area contributed by atoms with Crippen LogP contribution in [0.3, 0.4) is 0 Å². The van der Waals surface area contributed by atoms with Gasteiger partial charge in [0.05, 0.1) is 0 Å². The quantitative estimate of drug-likeness (QED) is 0.519. The van der Waals surface area contributed by atoms with Crippen molar-refractivity contribution in [1.29, 1.82) is 0 Å². The van der Waals surface area contributed by atoms with Crippen molar-refractivity contribution in [3.05, 3.63) is 107 Å². The number of nitrogens with zero attached hydrogens (tertiary/aromatic N) is 2. The maximum Gasteiger partial charge on any atom is 0.255 e. The first-order chi connectivity index (χ1) is 17.8. The van der Waals surface area contributed by atoms with Gasteiger partial charge in [-0.2, -0.15) is 0 Å². The first kappa shape index (κ1) is 26.1. The highest BCUT2D eigenvalue weighted by Gasteiger charge is 2.48. The van der Waals surface area contributed by atoms with Crippen molar-refractivity contribution in [2.45, 2.75) is 45.3 Å². The Morgan fingerprint density at radius 2 is 1.51 bits per heavy atom. The smallest absolute Gasteiger partial charge is 0.255 e. The summed E-state index contributed by atoms with van der Waals surface area (Å²) < 4.78 is 13.6. The normalized spacial score (nSPS) is 14.6. The van der Waals surface area contributed by atoms with Gasteiger partial charge in [-0.05, 0) is 55.2 Å². The van der Waals surface area contributed by atoms with E-state index in [-0.39, 0.29) is 30.1 Å². The van der Waals surface area contributed by atoms with E-state index < -0.39 is 5.54 Å². The summed E-state index contributed by atoms with van der Waals surface area (Å²) >= 11 is 0. The number of carbonyl (C=O) groups is 3. The average molecular weight is 502 g/mol. The molecule has 7 heteroatoms. The highest BCUT2D eigenvalue weighted by Crippen LogP contribution is 2.33. The van der Waals surface area contributed by atoms with Crippen LogP contribution in [0, 0.1) is 12.7 Å². The molecule has 1 N–H and O–H groups in total. The molecule has 0 atom stereocenters. The van der Waals surface area contributed by atoms with Crippen LogP contribution >= 0.6 is 0 Å². The summed E-state index contributed by atoms with van der Waals surface area (Å²) in [6.45, 7) is 4.62. The molecule has 1 saturated heterocycles. The highest BCUT2D eigenvalue weighted by molar-refractivity contribution is 5.99. The third-order valence-electron chi connectivity index (χ3n) is 7.07. The Morgan fingerprint density at radius 3 is 2.11 bits per heavy atom. The van der Waals surface area contributed by atoms with E-state index in [0.29, 0.717) is 43.6 Å². The molecular formula is C30H32FN3O3. The molecule has 192 valence electrons. The summed E-state index contributed by atoms with van der Waals surface area (Å²) in [6, 6.07) is 22.8. The number of benzene rings is 3. The summed E-state index contributed by atoms with van der Waals surface area (Å²) in [5.74, 6) is -0.976. The molecule has 6 nitrogen and oxygen atoms in total. The number of hydrogen-bond acceptors (Lipinski definition) is 3. The zero-order valence-electron chi connectivity index (χ0n) is 21.2. The van der Waals surface area contributed by atoms with Crippen molar-refractivity contribution in [3.8, 4) is 0 Å². The van der Waals surface area contributed by atoms with Crippen molar-refractivity contribution in [1.82, 2.24) is 15.1 Å². The molecule has 4 rings (SSSR count). The molecule has 0 spiro atoms. The van der Waals surface area contributed by atoms with Crippen molar-refractivity contribution in [3.63, 3.8) is 0 Å². The second-order valence-corrected chi connectivity index (χ2v) is 9.59. The third-order valence-corrected chi connectivity index (χ3v) is 7.07. The van der Waals surface area contributed by atoms with E-state index in [1.54, 1.807) is 34.1 Å². The van der Waals surface area contributed by atoms with Crippen molar-refractivity contribution >= 4 is 17.7 Å². The van der Waals surface area contributed by atoms with E-state index >= 15 is 0 Å². The lowest BCUT2D eigenvalue weighted by atomic mass is 9.83. The molecule has 0 saturated carbocycles. The minimum absolute atomic E-state index is 0.0618. The maximum atomic E-state index is 14.0. The van der Waals surface area contributed by atoms with Gasteiger partial charge in [-0.15, -0.1) is 0 Å². The number of nitrogens with one attached hydrogen (secondary N) is 1. The standard InChI is InChI=1S/C30H32FN3O3/c1-22-8-12-26(13-9-22)28(36)34(21-25-10-14-27(31)15-11-25)30(16-18-33(19-17-30)23(2)35)29(37)32-20-24-6-4-3-5-7-24/h3-15H,16-21H2,1-2H3,(H,32,37). The molecule has 0 radical (unpaired) electrons. The van der Waals surface area contributed by atoms with Gasteiger partial charge in [0.1, 0.15) is 11.4 Å². The molecule has 1 aliphatic heterocycles. The Morgan fingerprint density at radius 1 is 0.892 bits per heavy atom. The minimum atomic E-state index is -1.18. The second kappa shape index (κ2) is 11.4. The number of halogens is 1. The van der Waals surface area contributed by atoms with E-state index in [1.165, 1.54) is 19.1 Å². The summed E-state index contributed by atoms with van der Waals surface area (Å²) in [5, 5.41) is 3.05. The van der Waals surface area contributed by atoms with Gasteiger partial charge in [0.2, 0.25) is 11.8 Å². The van der Waals surface area contributed by atoms with Gasteiger partial charge in [-0.25, -0.2) is 4.39 Å². The maximum absolute atomic E-state index is 14.0. The first-order valence-corrected chi connectivity index (χ1v) is 12.5. The monoisotopic (exact) mass is 501 g/mol. The number of aryl methyl sites for hydroxylation is 1. The van der Waals surface area contributed by atoms with Crippen LogP contribution in [-0.4, -0.2) is 46.1 Å². The number of hydrogen-bond donors (Lipinski definition) is 1. The zero-order valence-corrected chi connectivity index (χ0v) is 21.2. The van der Waals surface area contributed by atoms with Crippen LogP contribution in [-0.2, 0) is 22.7 Å². The lowest BCUT2D eigenvalue weighted by molar-refractivity contribution is -0.141. The molecule has 0 unspecified atom stereocenters. The van der Waals surface area contributed by atoms with E-state index in [2.05, 4.69) is 5.32 Å². The fourth-order valence-electron chi connectivity index (χ4n) is 4.80. The Kier molecular flexibility index (Phi) is 8.01. The molecule has 0 aliphatic carbocycles. The van der Waals surface area contributed by atoms with Crippen LogP contribution in [0.1, 0.15) is 46.8 Å². The van der Waals surface area contributed by atoms with Gasteiger partial charge >= 0.3 is 0 Å². The lowest BCUT2D eigenvalue weighted by Gasteiger charge is -2.47. The molecule has 1 heterocycles. The van der Waals surface area contributed by atoms with Crippen molar-refractivity contribution < 1.29 is 18.8 Å². The van der Waals surface area contributed by atoms with Crippen molar-refractivity contribution in [2.75, 3.05) is 13.1 Å². The number of rotatable bonds is 7. The topological polar surface area (TPSA) is 69.7 Å². The Bertz CT molecular complexity index is 1240. The molecule has 1 fully saturated rings. The van der Waals surface area contributed by atoms with Crippen LogP contribution in [0.15, 0.2) is 78.9 Å². The van der Waals surface area contributed by atoms with Gasteiger partial charge in [-0.1, -0.05) is 60.2 Å². The SMILES string of the molecule is CC(=O)N1CCC(C(=O)NCc2ccccc2)(N(Cc2ccc(F)cc2)C(=O)c2ccc(C)cc2)CC1. The van der Waals surface area contributed by atoms with Crippen molar-refractivity contribution in [2.24, 2.45) is 0 Å². The largest absolute Gasteiger partial charge is 0.350 e. The summed E-state index contributed by atoms with van der Waals surface area (Å²) in [6.07, 6.45) is 0.595. The van der Waals surface area contributed by atoms with Gasteiger partial charge < -0.3 is 15.1 Å². The van der Waals surface area contributed by atoms with Gasteiger partial charge in [-0.3, -0.25) is 14.4 Å². The highest BCUT2D eigenvalue weighted by atomic mass is 19.1. The predicted octanol–water partition coefficient (Wildman–Crippen LogP) is 4.47. The van der Waals surface area contributed by atoms with E-state index in [1.807, 2.05) is 49.4 Å². The summed E-state index contributed by atoms with van der Waals surface area (Å²) in [7, 11) is 0. The lowest BCUT2D eigenvalue weighted by Crippen LogP contribution is -2.64. The molecule has 0 bridgehead atoms. The first-order valence-electron chi connectivity index (χ1n) is 12.5. The van der Waals surface area contributed by atoms with Gasteiger partial charge in [0.25, 0.3) is 5.91 Å². The van der Waals surface area contributed by atoms with Crippen LogP contribution in [0.2, 0.25) is 0 Å². The Balaban J connectivity index is 1.72.